The highest BCUT2D eigenvalue weighted by atomic mass is 16.5. The van der Waals surface area contributed by atoms with Crippen LogP contribution in [-0.4, -0.2) is 111 Å². The molecule has 26 heavy (non-hydrogen) atoms. The smallest absolute Gasteiger partial charge is 0.219 e. The van der Waals surface area contributed by atoms with E-state index in [1.807, 2.05) is 11.9 Å². The maximum atomic E-state index is 11.4. The molecule has 3 aliphatic heterocycles. The van der Waals surface area contributed by atoms with E-state index in [0.29, 0.717) is 0 Å². The molecule has 0 aromatic heterocycles. The van der Waals surface area contributed by atoms with Crippen LogP contribution in [0.5, 0.6) is 0 Å². The highest BCUT2D eigenvalue weighted by Gasteiger charge is 2.32. The first-order valence-corrected chi connectivity index (χ1v) is 9.84. The second-order valence-electron chi connectivity index (χ2n) is 7.23. The molecule has 148 valence electrons. The topological polar surface area (TPSA) is 69.6 Å². The number of piperazine rings is 1. The van der Waals surface area contributed by atoms with Gasteiger partial charge in [0.05, 0.1) is 12.7 Å². The summed E-state index contributed by atoms with van der Waals surface area (Å²) < 4.78 is 11.7. The predicted octanol–water partition coefficient (Wildman–Crippen LogP) is -0.394. The molecule has 3 saturated heterocycles. The van der Waals surface area contributed by atoms with E-state index in [-0.39, 0.29) is 18.1 Å². The summed E-state index contributed by atoms with van der Waals surface area (Å²) in [5, 5.41) is 3.49. The fourth-order valence-corrected chi connectivity index (χ4v) is 3.93. The lowest BCUT2D eigenvalue weighted by molar-refractivity contribution is -0.130. The van der Waals surface area contributed by atoms with Gasteiger partial charge in [0.15, 0.2) is 5.96 Å². The number of hydrogen-bond donors (Lipinski definition) is 1. The van der Waals surface area contributed by atoms with Gasteiger partial charge in [-0.2, -0.15) is 0 Å². The van der Waals surface area contributed by atoms with Gasteiger partial charge in [-0.25, -0.2) is 0 Å². The second kappa shape index (κ2) is 9.53. The fourth-order valence-electron chi connectivity index (χ4n) is 3.93. The molecule has 0 radical (unpaired) electrons. The summed E-state index contributed by atoms with van der Waals surface area (Å²) in [4.78, 5) is 22.5. The van der Waals surface area contributed by atoms with Gasteiger partial charge in [-0.05, 0) is 12.8 Å². The van der Waals surface area contributed by atoms with Crippen LogP contribution >= 0.6 is 0 Å². The monoisotopic (exact) mass is 367 g/mol. The number of amides is 1. The molecule has 0 bridgehead atoms. The molecule has 3 aliphatic rings. The van der Waals surface area contributed by atoms with Crippen LogP contribution < -0.4 is 5.32 Å². The van der Waals surface area contributed by atoms with Crippen molar-refractivity contribution in [3.63, 3.8) is 0 Å². The van der Waals surface area contributed by atoms with Gasteiger partial charge in [-0.3, -0.25) is 14.7 Å². The number of carbonyl (C=O) groups excluding carboxylic acids is 1. The molecule has 2 unspecified atom stereocenters. The predicted molar refractivity (Wildman–Crippen MR) is 100 cm³/mol. The van der Waals surface area contributed by atoms with Crippen molar-refractivity contribution in [2.45, 2.75) is 32.0 Å². The molecule has 0 aromatic rings. The highest BCUT2D eigenvalue weighted by Crippen LogP contribution is 2.21. The number of nitrogens with one attached hydrogen (secondary N) is 1. The van der Waals surface area contributed by atoms with Crippen LogP contribution in [0.2, 0.25) is 0 Å². The van der Waals surface area contributed by atoms with E-state index in [9.17, 15) is 4.79 Å². The molecule has 8 heteroatoms. The Balaban J connectivity index is 1.39. The molecule has 1 N–H and O–H groups in total. The SMILES string of the molecule is CN=C(NCCN1CCN(C(C)=O)CC1)N1CCOC(C2CCCO2)C1. The van der Waals surface area contributed by atoms with Gasteiger partial charge in [0, 0.05) is 72.9 Å². The number of aliphatic imine (C=N–C) groups is 1. The van der Waals surface area contributed by atoms with Gasteiger partial charge in [0.25, 0.3) is 0 Å². The number of rotatable bonds is 4. The van der Waals surface area contributed by atoms with Crippen LogP contribution in [0.3, 0.4) is 0 Å². The van der Waals surface area contributed by atoms with Gasteiger partial charge in [-0.15, -0.1) is 0 Å². The number of guanidine groups is 1. The van der Waals surface area contributed by atoms with Crippen LogP contribution in [-0.2, 0) is 14.3 Å². The van der Waals surface area contributed by atoms with Crippen LogP contribution in [0, 0.1) is 0 Å². The first kappa shape index (κ1) is 19.4. The van der Waals surface area contributed by atoms with Crippen molar-refractivity contribution in [2.24, 2.45) is 4.99 Å². The minimum absolute atomic E-state index is 0.143. The number of hydrogen-bond acceptors (Lipinski definition) is 5. The molecular formula is C18H33N5O3. The summed E-state index contributed by atoms with van der Waals surface area (Å²) in [6.45, 7) is 10.3. The van der Waals surface area contributed by atoms with Gasteiger partial charge in [0.2, 0.25) is 5.91 Å². The Morgan fingerprint density at radius 2 is 1.85 bits per heavy atom. The highest BCUT2D eigenvalue weighted by molar-refractivity contribution is 5.80. The molecule has 0 spiro atoms. The van der Waals surface area contributed by atoms with Crippen LogP contribution in [0.1, 0.15) is 19.8 Å². The Labute approximate surface area is 156 Å². The van der Waals surface area contributed by atoms with Gasteiger partial charge in [0.1, 0.15) is 6.10 Å². The molecule has 8 nitrogen and oxygen atoms in total. The molecule has 3 fully saturated rings. The van der Waals surface area contributed by atoms with Crippen molar-refractivity contribution in [3.05, 3.63) is 0 Å². The summed E-state index contributed by atoms with van der Waals surface area (Å²) >= 11 is 0. The van der Waals surface area contributed by atoms with E-state index in [1.54, 1.807) is 6.92 Å². The van der Waals surface area contributed by atoms with Crippen LogP contribution in [0.25, 0.3) is 0 Å². The lowest BCUT2D eigenvalue weighted by Crippen LogP contribution is -2.54. The molecule has 2 atom stereocenters. The standard InChI is InChI=1S/C18H33N5O3/c1-15(24)22-9-7-21(8-10-22)6-5-20-18(19-2)23-11-13-26-17(14-23)16-4-3-12-25-16/h16-17H,3-14H2,1-2H3,(H,19,20). The maximum absolute atomic E-state index is 11.4. The van der Waals surface area contributed by atoms with Crippen molar-refractivity contribution < 1.29 is 14.3 Å². The number of nitrogens with zero attached hydrogens (tertiary/aromatic N) is 4. The summed E-state index contributed by atoms with van der Waals surface area (Å²) in [5.41, 5.74) is 0. The molecule has 0 aliphatic carbocycles. The Kier molecular flexibility index (Phi) is 7.10. The first-order chi connectivity index (χ1) is 12.7. The molecule has 3 heterocycles. The minimum atomic E-state index is 0.143. The van der Waals surface area contributed by atoms with E-state index in [1.165, 1.54) is 0 Å². The molecule has 0 saturated carbocycles. The number of carbonyl (C=O) groups is 1. The average Bonchev–Trinajstić information content (AvgIpc) is 3.20. The maximum Gasteiger partial charge on any atom is 0.219 e. The van der Waals surface area contributed by atoms with E-state index in [0.717, 1.165) is 84.4 Å². The minimum Gasteiger partial charge on any atom is -0.375 e. The Morgan fingerprint density at radius 3 is 2.50 bits per heavy atom. The normalized spacial score (nSPS) is 28.5. The van der Waals surface area contributed by atoms with Gasteiger partial charge < -0.3 is 24.6 Å². The lowest BCUT2D eigenvalue weighted by atomic mass is 10.1. The van der Waals surface area contributed by atoms with Crippen molar-refractivity contribution in [3.8, 4) is 0 Å². The zero-order valence-electron chi connectivity index (χ0n) is 16.2. The van der Waals surface area contributed by atoms with Crippen LogP contribution in [0.4, 0.5) is 0 Å². The van der Waals surface area contributed by atoms with Crippen molar-refractivity contribution >= 4 is 11.9 Å². The molecule has 3 rings (SSSR count). The lowest BCUT2D eigenvalue weighted by Gasteiger charge is -2.37. The third kappa shape index (κ3) is 5.08. The second-order valence-corrected chi connectivity index (χ2v) is 7.23. The van der Waals surface area contributed by atoms with Gasteiger partial charge >= 0.3 is 0 Å². The quantitative estimate of drug-likeness (QED) is 0.539. The summed E-state index contributed by atoms with van der Waals surface area (Å²) in [5.74, 6) is 1.12. The summed E-state index contributed by atoms with van der Waals surface area (Å²) in [6.07, 6.45) is 2.60. The molecule has 1 amide bonds. The van der Waals surface area contributed by atoms with E-state index in [4.69, 9.17) is 9.47 Å². The summed E-state index contributed by atoms with van der Waals surface area (Å²) in [7, 11) is 1.84. The third-order valence-corrected chi connectivity index (χ3v) is 5.51. The van der Waals surface area contributed by atoms with Crippen molar-refractivity contribution in [2.75, 3.05) is 72.6 Å². The summed E-state index contributed by atoms with van der Waals surface area (Å²) in [6, 6.07) is 0. The number of ether oxygens (including phenoxy) is 2. The Hall–Kier alpha value is -1.38. The zero-order chi connectivity index (χ0) is 18.4. The zero-order valence-corrected chi connectivity index (χ0v) is 16.2. The molecule has 0 aromatic carbocycles. The average molecular weight is 367 g/mol. The van der Waals surface area contributed by atoms with E-state index < -0.39 is 0 Å². The number of morpholine rings is 1. The first-order valence-electron chi connectivity index (χ1n) is 9.84. The van der Waals surface area contributed by atoms with E-state index >= 15 is 0 Å². The van der Waals surface area contributed by atoms with Crippen LogP contribution in [0.15, 0.2) is 4.99 Å². The van der Waals surface area contributed by atoms with E-state index in [2.05, 4.69) is 20.1 Å². The Bertz CT molecular complexity index is 487. The molecular weight excluding hydrogens is 334 g/mol. The third-order valence-electron chi connectivity index (χ3n) is 5.51. The largest absolute Gasteiger partial charge is 0.375 e. The van der Waals surface area contributed by atoms with Crippen molar-refractivity contribution in [1.29, 1.82) is 0 Å². The van der Waals surface area contributed by atoms with Gasteiger partial charge in [-0.1, -0.05) is 0 Å². The fraction of sp³-hybridized carbons (Fsp3) is 0.889. The Morgan fingerprint density at radius 1 is 1.08 bits per heavy atom. The van der Waals surface area contributed by atoms with Crippen molar-refractivity contribution in [1.82, 2.24) is 20.0 Å².